The number of pyridine rings is 1. The molecule has 3 rings (SSSR count). The van der Waals surface area contributed by atoms with Crippen LogP contribution in [0, 0.1) is 0 Å². The fourth-order valence-corrected chi connectivity index (χ4v) is 2.82. The van der Waals surface area contributed by atoms with Crippen LogP contribution in [0.25, 0.3) is 11.3 Å². The summed E-state index contributed by atoms with van der Waals surface area (Å²) in [5, 5.41) is 8.97. The minimum Gasteiger partial charge on any atom is -0.477 e. The van der Waals surface area contributed by atoms with Gasteiger partial charge in [0.15, 0.2) is 0 Å². The van der Waals surface area contributed by atoms with Crippen molar-refractivity contribution in [2.24, 2.45) is 7.05 Å². The Morgan fingerprint density at radius 1 is 1.15 bits per heavy atom. The van der Waals surface area contributed by atoms with E-state index in [1.54, 1.807) is 13.1 Å². The summed E-state index contributed by atoms with van der Waals surface area (Å²) in [6, 6.07) is 9.29. The topological polar surface area (TPSA) is 59.3 Å². The van der Waals surface area contributed by atoms with Gasteiger partial charge in [0, 0.05) is 7.05 Å². The van der Waals surface area contributed by atoms with Gasteiger partial charge in [0.1, 0.15) is 5.56 Å². The van der Waals surface area contributed by atoms with Crippen LogP contribution in [0.1, 0.15) is 27.9 Å². The van der Waals surface area contributed by atoms with Crippen LogP contribution in [0.15, 0.2) is 35.1 Å². The van der Waals surface area contributed by atoms with Gasteiger partial charge in [-0.05, 0) is 54.2 Å². The number of carbonyl (C=O) groups is 1. The molecule has 0 atom stereocenters. The van der Waals surface area contributed by atoms with Crippen molar-refractivity contribution < 1.29 is 9.90 Å². The van der Waals surface area contributed by atoms with Crippen LogP contribution in [-0.2, 0) is 19.9 Å². The molecule has 0 bridgehead atoms. The molecule has 0 fully saturated rings. The Morgan fingerprint density at radius 2 is 1.90 bits per heavy atom. The van der Waals surface area contributed by atoms with Gasteiger partial charge in [-0.1, -0.05) is 12.1 Å². The average Bonchev–Trinajstić information content (AvgIpc) is 2.88. The van der Waals surface area contributed by atoms with Crippen LogP contribution in [-0.4, -0.2) is 15.6 Å². The molecule has 0 unspecified atom stereocenters. The maximum absolute atomic E-state index is 12.0. The van der Waals surface area contributed by atoms with E-state index in [0.717, 1.165) is 24.1 Å². The van der Waals surface area contributed by atoms with Crippen molar-refractivity contribution in [1.29, 1.82) is 0 Å². The molecule has 1 aliphatic carbocycles. The molecular weight excluding hydrogens is 254 g/mol. The molecule has 4 nitrogen and oxygen atoms in total. The number of benzene rings is 1. The van der Waals surface area contributed by atoms with Crippen molar-refractivity contribution in [3.63, 3.8) is 0 Å². The Kier molecular flexibility index (Phi) is 2.93. The van der Waals surface area contributed by atoms with Gasteiger partial charge in [-0.15, -0.1) is 0 Å². The first kappa shape index (κ1) is 12.7. The summed E-state index contributed by atoms with van der Waals surface area (Å²) < 4.78 is 1.40. The number of fused-ring (bicyclic) bond motifs is 1. The molecule has 1 aromatic heterocycles. The van der Waals surface area contributed by atoms with Gasteiger partial charge >= 0.3 is 5.97 Å². The van der Waals surface area contributed by atoms with Gasteiger partial charge in [0.05, 0.1) is 5.69 Å². The summed E-state index contributed by atoms with van der Waals surface area (Å²) in [6.07, 6.45) is 3.37. The maximum atomic E-state index is 12.0. The second-order valence-electron chi connectivity index (χ2n) is 5.14. The van der Waals surface area contributed by atoms with E-state index in [2.05, 4.69) is 12.1 Å². The van der Waals surface area contributed by atoms with E-state index in [4.69, 9.17) is 5.11 Å². The van der Waals surface area contributed by atoms with Crippen molar-refractivity contribution in [2.45, 2.75) is 19.3 Å². The third kappa shape index (κ3) is 1.93. The van der Waals surface area contributed by atoms with Gasteiger partial charge in [-0.3, -0.25) is 4.79 Å². The molecule has 2 aromatic rings. The van der Waals surface area contributed by atoms with E-state index < -0.39 is 11.5 Å². The molecule has 1 aliphatic rings. The van der Waals surface area contributed by atoms with Gasteiger partial charge in [0.25, 0.3) is 5.56 Å². The van der Waals surface area contributed by atoms with Gasteiger partial charge in [-0.25, -0.2) is 4.79 Å². The molecular formula is C16H15NO3. The Labute approximate surface area is 116 Å². The lowest BCUT2D eigenvalue weighted by atomic mass is 10.0. The summed E-state index contributed by atoms with van der Waals surface area (Å²) in [5.41, 5.74) is 3.74. The van der Waals surface area contributed by atoms with E-state index >= 15 is 0 Å². The average molecular weight is 269 g/mol. The van der Waals surface area contributed by atoms with Crippen molar-refractivity contribution >= 4 is 5.97 Å². The molecule has 0 saturated heterocycles. The lowest BCUT2D eigenvalue weighted by molar-refractivity contribution is 0.0694. The third-order valence-electron chi connectivity index (χ3n) is 3.93. The van der Waals surface area contributed by atoms with Crippen LogP contribution in [0.5, 0.6) is 0 Å². The van der Waals surface area contributed by atoms with Crippen LogP contribution in [0.4, 0.5) is 0 Å². The monoisotopic (exact) mass is 269 g/mol. The number of carboxylic acid groups (broad SMARTS) is 1. The number of aromatic carboxylic acids is 1. The number of rotatable bonds is 2. The maximum Gasteiger partial charge on any atom is 0.341 e. The third-order valence-corrected chi connectivity index (χ3v) is 3.93. The normalized spacial score (nSPS) is 13.2. The number of aryl methyl sites for hydroxylation is 2. The first-order chi connectivity index (χ1) is 9.58. The highest BCUT2D eigenvalue weighted by molar-refractivity contribution is 5.87. The van der Waals surface area contributed by atoms with E-state index in [0.29, 0.717) is 0 Å². The van der Waals surface area contributed by atoms with Crippen LogP contribution >= 0.6 is 0 Å². The molecule has 0 amide bonds. The predicted molar refractivity (Wildman–Crippen MR) is 76.1 cm³/mol. The van der Waals surface area contributed by atoms with Crippen molar-refractivity contribution in [3.8, 4) is 11.3 Å². The zero-order chi connectivity index (χ0) is 14.3. The molecule has 20 heavy (non-hydrogen) atoms. The summed E-state index contributed by atoms with van der Waals surface area (Å²) in [6.45, 7) is 0. The van der Waals surface area contributed by atoms with Crippen LogP contribution in [0.2, 0.25) is 0 Å². The van der Waals surface area contributed by atoms with E-state index in [1.807, 2.05) is 6.07 Å². The molecule has 1 aromatic carbocycles. The standard InChI is InChI=1S/C16H15NO3/c1-17-14(8-7-13(15(17)18)16(19)20)12-6-5-10-3-2-4-11(10)9-12/h5-9H,2-4H2,1H3,(H,19,20). The molecule has 0 spiro atoms. The second kappa shape index (κ2) is 4.63. The smallest absolute Gasteiger partial charge is 0.341 e. The fraction of sp³-hybridized carbons (Fsp3) is 0.250. The summed E-state index contributed by atoms with van der Waals surface area (Å²) >= 11 is 0. The molecule has 0 saturated carbocycles. The first-order valence-electron chi connectivity index (χ1n) is 6.63. The number of hydrogen-bond donors (Lipinski definition) is 1. The van der Waals surface area contributed by atoms with Crippen molar-refractivity contribution in [1.82, 2.24) is 4.57 Å². The number of aromatic nitrogens is 1. The SMILES string of the molecule is Cn1c(-c2ccc3c(c2)CCC3)ccc(C(=O)O)c1=O. The predicted octanol–water partition coefficient (Wildman–Crippen LogP) is 2.24. The molecule has 1 N–H and O–H groups in total. The molecule has 1 heterocycles. The van der Waals surface area contributed by atoms with Crippen LogP contribution < -0.4 is 5.56 Å². The quantitative estimate of drug-likeness (QED) is 0.909. The largest absolute Gasteiger partial charge is 0.477 e. The lowest BCUT2D eigenvalue weighted by Crippen LogP contribution is -2.25. The Hall–Kier alpha value is -2.36. The Balaban J connectivity index is 2.14. The minimum absolute atomic E-state index is 0.197. The first-order valence-corrected chi connectivity index (χ1v) is 6.63. The second-order valence-corrected chi connectivity index (χ2v) is 5.14. The molecule has 0 aliphatic heterocycles. The number of carboxylic acids is 1. The highest BCUT2D eigenvalue weighted by Gasteiger charge is 2.15. The van der Waals surface area contributed by atoms with Crippen LogP contribution in [0.3, 0.4) is 0 Å². The van der Waals surface area contributed by atoms with E-state index in [9.17, 15) is 9.59 Å². The van der Waals surface area contributed by atoms with Gasteiger partial charge in [0.2, 0.25) is 0 Å². The van der Waals surface area contributed by atoms with Crippen molar-refractivity contribution in [3.05, 3.63) is 57.4 Å². The summed E-state index contributed by atoms with van der Waals surface area (Å²) in [5.74, 6) is -1.19. The molecule has 0 radical (unpaired) electrons. The summed E-state index contributed by atoms with van der Waals surface area (Å²) in [4.78, 5) is 23.0. The highest BCUT2D eigenvalue weighted by Crippen LogP contribution is 2.27. The molecule has 4 heteroatoms. The number of hydrogen-bond acceptors (Lipinski definition) is 2. The lowest BCUT2D eigenvalue weighted by Gasteiger charge is -2.10. The van der Waals surface area contributed by atoms with Gasteiger partial charge < -0.3 is 9.67 Å². The van der Waals surface area contributed by atoms with E-state index in [-0.39, 0.29) is 5.56 Å². The fourth-order valence-electron chi connectivity index (χ4n) is 2.82. The zero-order valence-electron chi connectivity index (χ0n) is 11.2. The Morgan fingerprint density at radius 3 is 2.65 bits per heavy atom. The van der Waals surface area contributed by atoms with E-state index in [1.165, 1.54) is 28.2 Å². The molecule has 102 valence electrons. The zero-order valence-corrected chi connectivity index (χ0v) is 11.2. The minimum atomic E-state index is -1.19. The highest BCUT2D eigenvalue weighted by atomic mass is 16.4. The Bertz CT molecular complexity index is 759. The van der Waals surface area contributed by atoms with Gasteiger partial charge in [-0.2, -0.15) is 0 Å². The summed E-state index contributed by atoms with van der Waals surface area (Å²) in [7, 11) is 1.61. The number of nitrogens with zero attached hydrogens (tertiary/aromatic N) is 1. The van der Waals surface area contributed by atoms with Crippen molar-refractivity contribution in [2.75, 3.05) is 0 Å².